The van der Waals surface area contributed by atoms with Gasteiger partial charge in [-0.15, -0.1) is 6.58 Å². The normalized spacial score (nSPS) is 21.7. The molecule has 1 aliphatic carbocycles. The Morgan fingerprint density at radius 3 is 2.14 bits per heavy atom. The molecule has 1 saturated carbocycles. The van der Waals surface area contributed by atoms with Crippen LogP contribution in [0.3, 0.4) is 0 Å². The predicted molar refractivity (Wildman–Crippen MR) is 59.8 cm³/mol. The minimum Gasteiger partial charge on any atom is -0.198 e. The van der Waals surface area contributed by atoms with E-state index in [2.05, 4.69) is 12.6 Å². The SMILES string of the molecule is C=C(C)CC1(C#N)CCCCCCC1. The van der Waals surface area contributed by atoms with Crippen molar-refractivity contribution in [3.8, 4) is 6.07 Å². The Balaban J connectivity index is 2.63. The molecule has 1 rings (SSSR count). The van der Waals surface area contributed by atoms with E-state index in [9.17, 15) is 5.26 Å². The van der Waals surface area contributed by atoms with Gasteiger partial charge in [0.1, 0.15) is 0 Å². The van der Waals surface area contributed by atoms with Crippen molar-refractivity contribution in [3.63, 3.8) is 0 Å². The first kappa shape index (κ1) is 11.3. The summed E-state index contributed by atoms with van der Waals surface area (Å²) in [4.78, 5) is 0. The molecule has 1 nitrogen and oxygen atoms in total. The second-order valence-corrected chi connectivity index (χ2v) is 4.79. The van der Waals surface area contributed by atoms with Crippen molar-refractivity contribution >= 4 is 0 Å². The Morgan fingerprint density at radius 2 is 1.71 bits per heavy atom. The van der Waals surface area contributed by atoms with Crippen LogP contribution >= 0.6 is 0 Å². The van der Waals surface area contributed by atoms with Crippen molar-refractivity contribution in [1.29, 1.82) is 5.26 Å². The van der Waals surface area contributed by atoms with Crippen LogP contribution in [0.1, 0.15) is 58.3 Å². The van der Waals surface area contributed by atoms with E-state index < -0.39 is 0 Å². The lowest BCUT2D eigenvalue weighted by Crippen LogP contribution is -2.20. The first-order valence-electron chi connectivity index (χ1n) is 5.74. The third-order valence-corrected chi connectivity index (χ3v) is 3.19. The first-order chi connectivity index (χ1) is 6.68. The van der Waals surface area contributed by atoms with E-state index in [0.717, 1.165) is 24.8 Å². The van der Waals surface area contributed by atoms with Gasteiger partial charge in [0.15, 0.2) is 0 Å². The molecule has 0 heterocycles. The smallest absolute Gasteiger partial charge is 0.0693 e. The minimum atomic E-state index is -0.0771. The zero-order chi connectivity index (χ0) is 10.4. The molecule has 0 bridgehead atoms. The first-order valence-corrected chi connectivity index (χ1v) is 5.74. The minimum absolute atomic E-state index is 0.0771. The molecule has 78 valence electrons. The molecule has 14 heavy (non-hydrogen) atoms. The predicted octanol–water partition coefficient (Wildman–Crippen LogP) is 4.21. The molecule has 0 spiro atoms. The van der Waals surface area contributed by atoms with E-state index in [-0.39, 0.29) is 5.41 Å². The largest absolute Gasteiger partial charge is 0.198 e. The highest BCUT2D eigenvalue weighted by Crippen LogP contribution is 2.38. The molecule has 0 aromatic rings. The molecule has 1 aliphatic rings. The summed E-state index contributed by atoms with van der Waals surface area (Å²) in [7, 11) is 0. The Labute approximate surface area is 87.8 Å². The molecule has 0 unspecified atom stereocenters. The van der Waals surface area contributed by atoms with Gasteiger partial charge in [-0.05, 0) is 26.2 Å². The van der Waals surface area contributed by atoms with Crippen molar-refractivity contribution in [2.24, 2.45) is 5.41 Å². The van der Waals surface area contributed by atoms with Crippen LogP contribution in [0.2, 0.25) is 0 Å². The fourth-order valence-corrected chi connectivity index (χ4v) is 2.49. The lowest BCUT2D eigenvalue weighted by atomic mass is 9.73. The van der Waals surface area contributed by atoms with Gasteiger partial charge in [-0.25, -0.2) is 0 Å². The molecular weight excluding hydrogens is 170 g/mol. The van der Waals surface area contributed by atoms with Gasteiger partial charge in [-0.2, -0.15) is 5.26 Å². The highest BCUT2D eigenvalue weighted by molar-refractivity contribution is 5.07. The molecular formula is C13H21N. The maximum Gasteiger partial charge on any atom is 0.0693 e. The van der Waals surface area contributed by atoms with Gasteiger partial charge in [0.05, 0.1) is 11.5 Å². The summed E-state index contributed by atoms with van der Waals surface area (Å²) in [5, 5.41) is 9.32. The fraction of sp³-hybridized carbons (Fsp3) is 0.769. The molecule has 1 heteroatoms. The van der Waals surface area contributed by atoms with E-state index >= 15 is 0 Å². The summed E-state index contributed by atoms with van der Waals surface area (Å²) in [6, 6.07) is 2.56. The fourth-order valence-electron chi connectivity index (χ4n) is 2.49. The van der Waals surface area contributed by atoms with Gasteiger partial charge in [0.25, 0.3) is 0 Å². The van der Waals surface area contributed by atoms with Crippen molar-refractivity contribution in [2.45, 2.75) is 58.3 Å². The summed E-state index contributed by atoms with van der Waals surface area (Å²) in [6.07, 6.45) is 9.48. The summed E-state index contributed by atoms with van der Waals surface area (Å²) >= 11 is 0. The lowest BCUT2D eigenvalue weighted by molar-refractivity contribution is 0.287. The van der Waals surface area contributed by atoms with Crippen LogP contribution in [-0.2, 0) is 0 Å². The van der Waals surface area contributed by atoms with Gasteiger partial charge < -0.3 is 0 Å². The molecule has 0 saturated heterocycles. The molecule has 1 fully saturated rings. The average molecular weight is 191 g/mol. The number of rotatable bonds is 2. The van der Waals surface area contributed by atoms with Crippen LogP contribution in [0.25, 0.3) is 0 Å². The molecule has 0 atom stereocenters. The molecule has 0 radical (unpaired) electrons. The maximum absolute atomic E-state index is 9.32. The van der Waals surface area contributed by atoms with Crippen molar-refractivity contribution in [1.82, 2.24) is 0 Å². The van der Waals surface area contributed by atoms with Crippen LogP contribution < -0.4 is 0 Å². The summed E-state index contributed by atoms with van der Waals surface area (Å²) in [6.45, 7) is 5.98. The summed E-state index contributed by atoms with van der Waals surface area (Å²) in [5.74, 6) is 0. The number of nitriles is 1. The van der Waals surface area contributed by atoms with E-state index in [1.54, 1.807) is 0 Å². The molecule has 0 amide bonds. The molecule has 0 aliphatic heterocycles. The second kappa shape index (κ2) is 5.20. The number of hydrogen-bond donors (Lipinski definition) is 0. The van der Waals surface area contributed by atoms with Gasteiger partial charge >= 0.3 is 0 Å². The van der Waals surface area contributed by atoms with Crippen LogP contribution in [0, 0.1) is 16.7 Å². The van der Waals surface area contributed by atoms with Crippen molar-refractivity contribution in [2.75, 3.05) is 0 Å². The topological polar surface area (TPSA) is 23.8 Å². The average Bonchev–Trinajstić information content (AvgIpc) is 2.09. The van der Waals surface area contributed by atoms with Gasteiger partial charge in [-0.3, -0.25) is 0 Å². The maximum atomic E-state index is 9.32. The van der Waals surface area contributed by atoms with Crippen LogP contribution in [0.4, 0.5) is 0 Å². The van der Waals surface area contributed by atoms with Gasteiger partial charge in [0.2, 0.25) is 0 Å². The zero-order valence-electron chi connectivity index (χ0n) is 9.31. The molecule has 0 aromatic heterocycles. The third kappa shape index (κ3) is 3.18. The van der Waals surface area contributed by atoms with Crippen LogP contribution in [0.5, 0.6) is 0 Å². The Bertz CT molecular complexity index is 226. The van der Waals surface area contributed by atoms with Gasteiger partial charge in [0, 0.05) is 0 Å². The number of hydrogen-bond acceptors (Lipinski definition) is 1. The quantitative estimate of drug-likeness (QED) is 0.600. The summed E-state index contributed by atoms with van der Waals surface area (Å²) in [5.41, 5.74) is 1.08. The Morgan fingerprint density at radius 1 is 1.21 bits per heavy atom. The van der Waals surface area contributed by atoms with E-state index in [4.69, 9.17) is 0 Å². The molecule has 0 N–H and O–H groups in total. The second-order valence-electron chi connectivity index (χ2n) is 4.79. The number of nitrogens with zero attached hydrogens (tertiary/aromatic N) is 1. The van der Waals surface area contributed by atoms with E-state index in [1.807, 2.05) is 6.92 Å². The monoisotopic (exact) mass is 191 g/mol. The lowest BCUT2D eigenvalue weighted by Gasteiger charge is -2.28. The van der Waals surface area contributed by atoms with Crippen LogP contribution in [0.15, 0.2) is 12.2 Å². The van der Waals surface area contributed by atoms with Crippen molar-refractivity contribution < 1.29 is 0 Å². The third-order valence-electron chi connectivity index (χ3n) is 3.19. The highest BCUT2D eigenvalue weighted by Gasteiger charge is 2.29. The standard InChI is InChI=1S/C13H21N/c1-12(2)10-13(11-14)8-6-4-3-5-7-9-13/h1,3-10H2,2H3. The Kier molecular flexibility index (Phi) is 4.20. The highest BCUT2D eigenvalue weighted by atomic mass is 14.4. The van der Waals surface area contributed by atoms with Crippen LogP contribution in [-0.4, -0.2) is 0 Å². The van der Waals surface area contributed by atoms with Crippen molar-refractivity contribution in [3.05, 3.63) is 12.2 Å². The molecule has 0 aromatic carbocycles. The number of allylic oxidation sites excluding steroid dienone is 1. The zero-order valence-corrected chi connectivity index (χ0v) is 9.31. The summed E-state index contributed by atoms with van der Waals surface area (Å²) < 4.78 is 0. The van der Waals surface area contributed by atoms with E-state index in [1.165, 1.54) is 32.1 Å². The van der Waals surface area contributed by atoms with E-state index in [0.29, 0.717) is 0 Å². The van der Waals surface area contributed by atoms with Gasteiger partial charge in [-0.1, -0.05) is 37.7 Å². The Hall–Kier alpha value is -0.770.